The molecule has 0 spiro atoms. The second-order valence-corrected chi connectivity index (χ2v) is 6.18. The van der Waals surface area contributed by atoms with Gasteiger partial charge >= 0.3 is 5.69 Å². The van der Waals surface area contributed by atoms with Gasteiger partial charge in [-0.2, -0.15) is 0 Å². The van der Waals surface area contributed by atoms with E-state index in [1.807, 2.05) is 0 Å². The third kappa shape index (κ3) is 3.99. The summed E-state index contributed by atoms with van der Waals surface area (Å²) in [5.41, 5.74) is -1.58. The number of halogens is 2. The number of nitrogens with one attached hydrogen (secondary N) is 2. The topological polar surface area (TPSA) is 102 Å². The Balaban J connectivity index is 2.03. The summed E-state index contributed by atoms with van der Waals surface area (Å²) in [4.78, 5) is 39.9. The first-order chi connectivity index (χ1) is 13.8. The number of anilines is 1. The number of rotatable bonds is 5. The molecule has 0 fully saturated rings. The van der Waals surface area contributed by atoms with Crippen molar-refractivity contribution in [3.05, 3.63) is 79.8 Å². The Morgan fingerprint density at radius 1 is 1.10 bits per heavy atom. The highest BCUT2D eigenvalue weighted by Gasteiger charge is 2.17. The van der Waals surface area contributed by atoms with Gasteiger partial charge in [0.1, 0.15) is 11.4 Å². The number of methoxy groups -OCH3 is 2. The number of benzene rings is 2. The molecule has 0 saturated heterocycles. The van der Waals surface area contributed by atoms with E-state index in [-0.39, 0.29) is 22.0 Å². The smallest absolute Gasteiger partial charge is 0.333 e. The Bertz CT molecular complexity index is 1210. The fourth-order valence-corrected chi connectivity index (χ4v) is 2.79. The summed E-state index contributed by atoms with van der Waals surface area (Å²) < 4.78 is 24.4. The summed E-state index contributed by atoms with van der Waals surface area (Å²) in [6, 6.07) is 7.99. The van der Waals surface area contributed by atoms with Crippen LogP contribution in [0.5, 0.6) is 11.5 Å². The second kappa shape index (κ2) is 8.19. The van der Waals surface area contributed by atoms with Gasteiger partial charge in [0, 0.05) is 18.0 Å². The van der Waals surface area contributed by atoms with Crippen molar-refractivity contribution >= 4 is 23.2 Å². The molecule has 2 N–H and O–H groups in total. The van der Waals surface area contributed by atoms with Gasteiger partial charge < -0.3 is 19.8 Å². The van der Waals surface area contributed by atoms with E-state index in [4.69, 9.17) is 21.1 Å². The molecule has 0 bridgehead atoms. The van der Waals surface area contributed by atoms with E-state index in [9.17, 15) is 18.8 Å². The lowest BCUT2D eigenvalue weighted by atomic mass is 10.2. The SMILES string of the molecule is COc1ccc(-n2c(=O)[nH]cc(C(=O)Nc3ccc(F)c(Cl)c3)c2=O)cc1OC. The largest absolute Gasteiger partial charge is 0.493 e. The van der Waals surface area contributed by atoms with Crippen molar-refractivity contribution in [3.63, 3.8) is 0 Å². The van der Waals surface area contributed by atoms with Crippen molar-refractivity contribution in [3.8, 4) is 17.2 Å². The summed E-state index contributed by atoms with van der Waals surface area (Å²) >= 11 is 5.69. The molecule has 1 aromatic heterocycles. The number of carbonyl (C=O) groups excluding carboxylic acids is 1. The van der Waals surface area contributed by atoms with Gasteiger partial charge in [-0.15, -0.1) is 0 Å². The number of hydrogen-bond donors (Lipinski definition) is 2. The van der Waals surface area contributed by atoms with Gasteiger partial charge in [-0.05, 0) is 30.3 Å². The molecule has 0 aliphatic carbocycles. The molecule has 29 heavy (non-hydrogen) atoms. The number of amides is 1. The Hall–Kier alpha value is -3.59. The maximum Gasteiger partial charge on any atom is 0.333 e. The van der Waals surface area contributed by atoms with Gasteiger partial charge in [0.05, 0.1) is 24.9 Å². The average Bonchev–Trinajstić information content (AvgIpc) is 2.70. The lowest BCUT2D eigenvalue weighted by Gasteiger charge is -2.11. The van der Waals surface area contributed by atoms with Crippen LogP contribution in [0.15, 0.2) is 52.2 Å². The van der Waals surface area contributed by atoms with Crippen LogP contribution < -0.4 is 26.0 Å². The van der Waals surface area contributed by atoms with Gasteiger partial charge in [-0.3, -0.25) is 9.59 Å². The number of aromatic amines is 1. The van der Waals surface area contributed by atoms with Crippen LogP contribution in [0.25, 0.3) is 5.69 Å². The van der Waals surface area contributed by atoms with Gasteiger partial charge in [0.2, 0.25) is 0 Å². The highest BCUT2D eigenvalue weighted by Crippen LogP contribution is 2.28. The Morgan fingerprint density at radius 2 is 1.83 bits per heavy atom. The zero-order valence-electron chi connectivity index (χ0n) is 15.3. The quantitative estimate of drug-likeness (QED) is 0.661. The molecule has 0 atom stereocenters. The lowest BCUT2D eigenvalue weighted by Crippen LogP contribution is -2.38. The van der Waals surface area contributed by atoms with E-state index in [2.05, 4.69) is 10.3 Å². The molecule has 1 heterocycles. The first-order valence-corrected chi connectivity index (χ1v) is 8.57. The standard InChI is InChI=1S/C19H15ClFN3O5/c1-28-15-6-4-11(8-16(15)29-2)24-18(26)12(9-22-19(24)27)17(25)23-10-3-5-14(21)13(20)7-10/h3-9H,1-2H3,(H,22,27)(H,23,25). The number of nitrogens with zero attached hydrogens (tertiary/aromatic N) is 1. The van der Waals surface area contributed by atoms with Crippen molar-refractivity contribution in [2.24, 2.45) is 0 Å². The Morgan fingerprint density at radius 3 is 2.48 bits per heavy atom. The number of aromatic nitrogens is 2. The number of ether oxygens (including phenoxy) is 2. The van der Waals surface area contributed by atoms with Crippen molar-refractivity contribution in [1.82, 2.24) is 9.55 Å². The van der Waals surface area contributed by atoms with Gasteiger partial charge in [0.15, 0.2) is 11.5 Å². The lowest BCUT2D eigenvalue weighted by molar-refractivity contribution is 0.102. The molecular formula is C19H15ClFN3O5. The van der Waals surface area contributed by atoms with E-state index < -0.39 is 23.0 Å². The molecule has 0 saturated carbocycles. The fourth-order valence-electron chi connectivity index (χ4n) is 2.61. The highest BCUT2D eigenvalue weighted by atomic mass is 35.5. The van der Waals surface area contributed by atoms with Crippen LogP contribution in [0.4, 0.5) is 10.1 Å². The van der Waals surface area contributed by atoms with Crippen LogP contribution in [0, 0.1) is 5.82 Å². The molecule has 0 radical (unpaired) electrons. The maximum atomic E-state index is 13.3. The van der Waals surface area contributed by atoms with Crippen LogP contribution in [0.2, 0.25) is 5.02 Å². The van der Waals surface area contributed by atoms with Crippen molar-refractivity contribution in [2.75, 3.05) is 19.5 Å². The van der Waals surface area contributed by atoms with Crippen LogP contribution in [-0.4, -0.2) is 29.7 Å². The zero-order valence-corrected chi connectivity index (χ0v) is 16.0. The highest BCUT2D eigenvalue weighted by molar-refractivity contribution is 6.31. The normalized spacial score (nSPS) is 10.5. The monoisotopic (exact) mass is 419 g/mol. The van der Waals surface area contributed by atoms with Gasteiger partial charge in [0.25, 0.3) is 11.5 Å². The summed E-state index contributed by atoms with van der Waals surface area (Å²) in [6.07, 6.45) is 1.00. The molecule has 8 nitrogen and oxygen atoms in total. The summed E-state index contributed by atoms with van der Waals surface area (Å²) in [7, 11) is 2.86. The summed E-state index contributed by atoms with van der Waals surface area (Å²) in [6.45, 7) is 0. The van der Waals surface area contributed by atoms with Crippen LogP contribution in [-0.2, 0) is 0 Å². The predicted molar refractivity (Wildman–Crippen MR) is 105 cm³/mol. The Labute approximate surface area is 168 Å². The minimum Gasteiger partial charge on any atom is -0.493 e. The molecule has 150 valence electrons. The molecule has 2 aromatic carbocycles. The number of H-pyrrole nitrogens is 1. The third-order valence-corrected chi connectivity index (χ3v) is 4.31. The number of hydrogen-bond acceptors (Lipinski definition) is 5. The van der Waals surface area contributed by atoms with Crippen LogP contribution in [0.3, 0.4) is 0 Å². The van der Waals surface area contributed by atoms with Crippen molar-refractivity contribution in [2.45, 2.75) is 0 Å². The molecule has 10 heteroatoms. The molecule has 3 rings (SSSR count). The predicted octanol–water partition coefficient (Wildman–Crippen LogP) is 2.59. The molecule has 1 amide bonds. The van der Waals surface area contributed by atoms with Crippen LogP contribution in [0.1, 0.15) is 10.4 Å². The molecular weight excluding hydrogens is 405 g/mol. The van der Waals surface area contributed by atoms with E-state index in [1.165, 1.54) is 44.6 Å². The van der Waals surface area contributed by atoms with E-state index >= 15 is 0 Å². The first kappa shape index (κ1) is 20.2. The third-order valence-electron chi connectivity index (χ3n) is 4.02. The molecule has 0 aliphatic heterocycles. The van der Waals surface area contributed by atoms with Crippen molar-refractivity contribution < 1.29 is 18.7 Å². The van der Waals surface area contributed by atoms with E-state index in [1.54, 1.807) is 0 Å². The minimum absolute atomic E-state index is 0.174. The number of carbonyl (C=O) groups is 1. The Kier molecular flexibility index (Phi) is 5.69. The summed E-state index contributed by atoms with van der Waals surface area (Å²) in [5, 5.41) is 2.25. The van der Waals surface area contributed by atoms with Crippen LogP contribution >= 0.6 is 11.6 Å². The molecule has 0 aliphatic rings. The summed E-state index contributed by atoms with van der Waals surface area (Å²) in [5.74, 6) is -0.748. The zero-order chi connectivity index (χ0) is 21.1. The van der Waals surface area contributed by atoms with Gasteiger partial charge in [-0.1, -0.05) is 11.6 Å². The molecule has 3 aromatic rings. The molecule has 0 unspecified atom stereocenters. The first-order valence-electron chi connectivity index (χ1n) is 8.19. The second-order valence-electron chi connectivity index (χ2n) is 5.77. The average molecular weight is 420 g/mol. The van der Waals surface area contributed by atoms with Gasteiger partial charge in [-0.25, -0.2) is 13.8 Å². The van der Waals surface area contributed by atoms with Crippen molar-refractivity contribution in [1.29, 1.82) is 0 Å². The maximum absolute atomic E-state index is 13.3. The fraction of sp³-hybridized carbons (Fsp3) is 0.105. The van der Waals surface area contributed by atoms with E-state index in [0.29, 0.717) is 11.5 Å². The minimum atomic E-state index is -0.855. The van der Waals surface area contributed by atoms with E-state index in [0.717, 1.165) is 16.8 Å².